The zero-order chi connectivity index (χ0) is 50.9. The van der Waals surface area contributed by atoms with Crippen LogP contribution in [0.4, 0.5) is 17.1 Å². The fraction of sp³-hybridized carbons (Fsp3) is 0.111. The van der Waals surface area contributed by atoms with Crippen molar-refractivity contribution in [1.29, 1.82) is 0 Å². The Morgan fingerprint density at radius 2 is 0.908 bits per heavy atom. The predicted octanol–water partition coefficient (Wildman–Crippen LogP) is 17.2. The van der Waals surface area contributed by atoms with Crippen LogP contribution in [0.2, 0.25) is 0 Å². The summed E-state index contributed by atoms with van der Waals surface area (Å²) < 4.78 is 5.24. The summed E-state index contributed by atoms with van der Waals surface area (Å²) in [5, 5.41) is 7.78. The molecule has 1 aliphatic carbocycles. The van der Waals surface area contributed by atoms with Crippen molar-refractivity contribution in [3.8, 4) is 55.9 Å². The molecule has 360 valence electrons. The first-order valence-electron chi connectivity index (χ1n) is 27.0. The minimum absolute atomic E-state index is 0.0105. The summed E-state index contributed by atoms with van der Waals surface area (Å²) in [5.74, 6) is 0. The molecule has 3 aliphatic rings. The second-order valence-corrected chi connectivity index (χ2v) is 23.7. The molecule has 0 radical (unpaired) electrons. The van der Waals surface area contributed by atoms with Crippen LogP contribution in [0.5, 0.6) is 0 Å². The minimum atomic E-state index is -0.0604. The molecule has 0 bridgehead atoms. The van der Waals surface area contributed by atoms with Crippen molar-refractivity contribution in [3.63, 3.8) is 0 Å². The van der Waals surface area contributed by atoms with Gasteiger partial charge in [0.25, 0.3) is 6.71 Å². The summed E-state index contributed by atoms with van der Waals surface area (Å²) in [6.07, 6.45) is 0. The zero-order valence-corrected chi connectivity index (χ0v) is 43.7. The highest BCUT2D eigenvalue weighted by molar-refractivity contribution is 7.00. The highest BCUT2D eigenvalue weighted by Gasteiger charge is 2.44. The molecule has 0 saturated carbocycles. The third-order valence-electron chi connectivity index (χ3n) is 17.3. The van der Waals surface area contributed by atoms with E-state index in [1.165, 1.54) is 143 Å². The molecule has 0 atom stereocenters. The Kier molecular flexibility index (Phi) is 8.80. The van der Waals surface area contributed by atoms with Crippen LogP contribution in [-0.2, 0) is 10.8 Å². The van der Waals surface area contributed by atoms with Gasteiger partial charge in [-0.3, -0.25) is 0 Å². The number of aromatic nitrogens is 2. The van der Waals surface area contributed by atoms with Gasteiger partial charge in [-0.05, 0) is 154 Å². The smallest absolute Gasteiger partial charge is 0.252 e. The van der Waals surface area contributed by atoms with Crippen molar-refractivity contribution < 1.29 is 0 Å². The summed E-state index contributed by atoms with van der Waals surface area (Å²) in [7, 11) is 0. The van der Waals surface area contributed by atoms with Crippen molar-refractivity contribution >= 4 is 94.5 Å². The molecular formula is C72H54BN3. The molecule has 2 aromatic heterocycles. The van der Waals surface area contributed by atoms with Gasteiger partial charge in [-0.2, -0.15) is 0 Å². The zero-order valence-electron chi connectivity index (χ0n) is 43.7. The van der Waals surface area contributed by atoms with Gasteiger partial charge >= 0.3 is 0 Å². The van der Waals surface area contributed by atoms with Crippen LogP contribution in [0.1, 0.15) is 52.7 Å². The van der Waals surface area contributed by atoms with E-state index in [0.717, 1.165) is 11.4 Å². The molecule has 76 heavy (non-hydrogen) atoms. The van der Waals surface area contributed by atoms with Crippen molar-refractivity contribution in [2.45, 2.75) is 52.4 Å². The Morgan fingerprint density at radius 1 is 0.342 bits per heavy atom. The SMILES string of the molecule is CC(C)(C)c1ccc(N2c3ccc(C(C)(C)C)cc3B3c4c2cc(-n2c5ccc(-c6ccccc6)cc5c5cc(-c6ccccc6)ccc52)cc4-n2c4cccc5c4c4c6c(cccc6cc3c42)-c2ccccc2-5)cc1. The lowest BCUT2D eigenvalue weighted by Gasteiger charge is -2.41. The Bertz CT molecular complexity index is 4540. The normalized spacial score (nSPS) is 13.3. The van der Waals surface area contributed by atoms with Crippen molar-refractivity contribution in [3.05, 3.63) is 230 Å². The third kappa shape index (κ3) is 6.01. The molecule has 13 aromatic rings. The largest absolute Gasteiger partial charge is 0.311 e. The fourth-order valence-electron chi connectivity index (χ4n) is 13.7. The van der Waals surface area contributed by atoms with E-state index in [9.17, 15) is 0 Å². The van der Waals surface area contributed by atoms with Crippen LogP contribution in [0.3, 0.4) is 0 Å². The number of nitrogens with zero attached hydrogens (tertiary/aromatic N) is 3. The molecule has 16 rings (SSSR count). The van der Waals surface area contributed by atoms with Crippen LogP contribution in [0.25, 0.3) is 110 Å². The van der Waals surface area contributed by atoms with Crippen molar-refractivity contribution in [2.75, 3.05) is 4.90 Å². The molecule has 3 nitrogen and oxygen atoms in total. The van der Waals surface area contributed by atoms with Gasteiger partial charge in [0, 0.05) is 44.3 Å². The van der Waals surface area contributed by atoms with Gasteiger partial charge in [-0.1, -0.05) is 199 Å². The second kappa shape index (κ2) is 15.4. The minimum Gasteiger partial charge on any atom is -0.311 e. The maximum absolute atomic E-state index is 2.68. The molecule has 0 amide bonds. The fourth-order valence-corrected chi connectivity index (χ4v) is 13.7. The van der Waals surface area contributed by atoms with Gasteiger partial charge in [0.15, 0.2) is 0 Å². The number of fused-ring (bicyclic) bond motifs is 11. The first-order chi connectivity index (χ1) is 37.0. The highest BCUT2D eigenvalue weighted by atomic mass is 15.2. The Labute approximate surface area is 444 Å². The summed E-state index contributed by atoms with van der Waals surface area (Å²) in [5.41, 5.74) is 27.5. The molecule has 0 saturated heterocycles. The molecule has 4 heterocycles. The molecule has 2 aliphatic heterocycles. The first-order valence-corrected chi connectivity index (χ1v) is 27.0. The van der Waals surface area contributed by atoms with E-state index in [-0.39, 0.29) is 17.5 Å². The maximum atomic E-state index is 2.68. The molecule has 0 N–H and O–H groups in total. The lowest BCUT2D eigenvalue weighted by molar-refractivity contribution is 0.590. The van der Waals surface area contributed by atoms with Gasteiger partial charge in [0.2, 0.25) is 0 Å². The van der Waals surface area contributed by atoms with Crippen LogP contribution in [-0.4, -0.2) is 15.8 Å². The summed E-state index contributed by atoms with van der Waals surface area (Å²) in [6.45, 7) is 13.9. The van der Waals surface area contributed by atoms with Gasteiger partial charge in [-0.25, -0.2) is 0 Å². The molecule has 4 heteroatoms. The maximum Gasteiger partial charge on any atom is 0.252 e. The van der Waals surface area contributed by atoms with E-state index in [4.69, 9.17) is 0 Å². The predicted molar refractivity (Wildman–Crippen MR) is 325 cm³/mol. The number of hydrogen-bond acceptors (Lipinski definition) is 1. The van der Waals surface area contributed by atoms with Gasteiger partial charge in [-0.15, -0.1) is 0 Å². The molecule has 0 unspecified atom stereocenters. The summed E-state index contributed by atoms with van der Waals surface area (Å²) in [6, 6.07) is 83.4. The van der Waals surface area contributed by atoms with Gasteiger partial charge in [0.05, 0.1) is 27.8 Å². The van der Waals surface area contributed by atoms with Crippen LogP contribution < -0.4 is 21.3 Å². The molecular weight excluding hydrogens is 918 g/mol. The van der Waals surface area contributed by atoms with Crippen molar-refractivity contribution in [1.82, 2.24) is 9.13 Å². The van der Waals surface area contributed by atoms with E-state index in [0.29, 0.717) is 0 Å². The van der Waals surface area contributed by atoms with Crippen LogP contribution in [0, 0.1) is 0 Å². The van der Waals surface area contributed by atoms with Crippen LogP contribution in [0.15, 0.2) is 218 Å². The summed E-state index contributed by atoms with van der Waals surface area (Å²) >= 11 is 0. The Balaban J connectivity index is 1.08. The Morgan fingerprint density at radius 3 is 1.54 bits per heavy atom. The lowest BCUT2D eigenvalue weighted by Crippen LogP contribution is -2.60. The second-order valence-electron chi connectivity index (χ2n) is 23.7. The number of benzene rings is 11. The average Bonchev–Trinajstić information content (AvgIpc) is 3.97. The number of hydrogen-bond donors (Lipinski definition) is 0. The monoisotopic (exact) mass is 971 g/mol. The lowest BCUT2D eigenvalue weighted by atomic mass is 9.33. The van der Waals surface area contributed by atoms with Crippen molar-refractivity contribution in [2.24, 2.45) is 0 Å². The molecule has 11 aromatic carbocycles. The average molecular weight is 972 g/mol. The molecule has 0 fully saturated rings. The standard InChI is InChI=1S/C72H54BN3/c1-71(2,3)48-29-32-50(33-30-48)74-62-36-31-49(72(4,5)6)40-58(62)73-59-39-47-21-15-24-54-52-22-13-14-23-53(52)55-25-16-26-63-67(55)68(66(47)54)70(59)76(63)65-42-51(41-64(74)69(65)73)75-60-34-27-45(43-17-9-7-10-18-43)37-56(60)57-38-46(28-35-61(57)75)44-19-11-8-12-20-44/h7-42H,1-6H3. The van der Waals surface area contributed by atoms with Gasteiger partial charge < -0.3 is 14.0 Å². The van der Waals surface area contributed by atoms with E-state index >= 15 is 0 Å². The van der Waals surface area contributed by atoms with E-state index in [1.807, 2.05) is 0 Å². The van der Waals surface area contributed by atoms with E-state index in [1.54, 1.807) is 0 Å². The highest BCUT2D eigenvalue weighted by Crippen LogP contribution is 2.52. The first kappa shape index (κ1) is 43.5. The quantitative estimate of drug-likeness (QED) is 0.160. The summed E-state index contributed by atoms with van der Waals surface area (Å²) in [4.78, 5) is 2.60. The number of rotatable bonds is 4. The molecule has 0 spiro atoms. The van der Waals surface area contributed by atoms with Crippen LogP contribution >= 0.6 is 0 Å². The van der Waals surface area contributed by atoms with Gasteiger partial charge in [0.1, 0.15) is 0 Å². The Hall–Kier alpha value is -8.86. The van der Waals surface area contributed by atoms with E-state index in [2.05, 4.69) is 274 Å². The topological polar surface area (TPSA) is 13.1 Å². The third-order valence-corrected chi connectivity index (χ3v) is 17.3. The van der Waals surface area contributed by atoms with E-state index < -0.39 is 0 Å². The number of anilines is 3.